The Morgan fingerprint density at radius 2 is 2.33 bits per heavy atom. The lowest BCUT2D eigenvalue weighted by Gasteiger charge is -2.15. The molecule has 0 aromatic heterocycles. The summed E-state index contributed by atoms with van der Waals surface area (Å²) in [6.45, 7) is 2.78. The molecule has 1 saturated heterocycles. The Kier molecular flexibility index (Phi) is 4.87. The van der Waals surface area contributed by atoms with Crippen LogP contribution in [-0.2, 0) is 6.42 Å². The lowest BCUT2D eigenvalue weighted by molar-refractivity contribution is 0.208. The minimum Gasteiger partial charge on any atom is -0.487 e. The highest BCUT2D eigenvalue weighted by molar-refractivity contribution is 6.32. The van der Waals surface area contributed by atoms with E-state index in [1.165, 1.54) is 5.56 Å². The first-order chi connectivity index (χ1) is 8.69. The first kappa shape index (κ1) is 13.7. The lowest BCUT2D eigenvalue weighted by Crippen LogP contribution is -2.21. The number of nitrogens with two attached hydrogens (primary N) is 1. The van der Waals surface area contributed by atoms with E-state index in [9.17, 15) is 0 Å². The summed E-state index contributed by atoms with van der Waals surface area (Å²) in [5.74, 6) is 0.800. The maximum absolute atomic E-state index is 6.25. The number of aryl methyl sites for hydroxylation is 1. The quantitative estimate of drug-likeness (QED) is 0.891. The number of hydrogen-bond donors (Lipinski definition) is 1. The molecule has 1 fully saturated rings. The van der Waals surface area contributed by atoms with E-state index in [2.05, 4.69) is 18.0 Å². The molecule has 0 saturated carbocycles. The van der Waals surface area contributed by atoms with Gasteiger partial charge in [-0.05, 0) is 50.6 Å². The number of benzene rings is 1. The molecule has 2 N–H and O–H groups in total. The number of likely N-dealkylation sites (N-methyl/N-ethyl adjacent to an activating group) is 1. The molecule has 3 nitrogen and oxygen atoms in total. The zero-order chi connectivity index (χ0) is 13.0. The van der Waals surface area contributed by atoms with Crippen molar-refractivity contribution in [3.05, 3.63) is 28.8 Å². The van der Waals surface area contributed by atoms with Crippen LogP contribution in [0, 0.1) is 0 Å². The molecule has 1 atom stereocenters. The monoisotopic (exact) mass is 268 g/mol. The van der Waals surface area contributed by atoms with Crippen molar-refractivity contribution in [1.29, 1.82) is 0 Å². The molecule has 1 aliphatic rings. The number of hydrogen-bond acceptors (Lipinski definition) is 3. The molecule has 1 aliphatic heterocycles. The Morgan fingerprint density at radius 3 is 2.94 bits per heavy atom. The lowest BCUT2D eigenvalue weighted by atomic mass is 10.1. The number of ether oxygens (including phenoxy) is 1. The molecule has 4 heteroatoms. The van der Waals surface area contributed by atoms with Crippen LogP contribution in [0.25, 0.3) is 0 Å². The van der Waals surface area contributed by atoms with Crippen LogP contribution in [-0.4, -0.2) is 37.7 Å². The van der Waals surface area contributed by atoms with Crippen LogP contribution < -0.4 is 10.5 Å². The summed E-state index contributed by atoms with van der Waals surface area (Å²) in [4.78, 5) is 2.27. The van der Waals surface area contributed by atoms with Gasteiger partial charge in [-0.25, -0.2) is 0 Å². The van der Waals surface area contributed by atoms with Crippen LogP contribution in [0.3, 0.4) is 0 Å². The Hall–Kier alpha value is -0.770. The predicted molar refractivity (Wildman–Crippen MR) is 75.4 cm³/mol. The molecular weight excluding hydrogens is 248 g/mol. The number of likely N-dealkylation sites (tertiary alicyclic amines) is 1. The maximum Gasteiger partial charge on any atom is 0.138 e. The Balaban J connectivity index is 1.96. The van der Waals surface area contributed by atoms with E-state index >= 15 is 0 Å². The van der Waals surface area contributed by atoms with Crippen LogP contribution in [0.5, 0.6) is 5.75 Å². The van der Waals surface area contributed by atoms with E-state index in [4.69, 9.17) is 22.1 Å². The predicted octanol–water partition coefficient (Wildman–Crippen LogP) is 2.31. The molecule has 1 aromatic rings. The first-order valence-electron chi connectivity index (χ1n) is 6.52. The second-order valence-electron chi connectivity index (χ2n) is 4.95. The Labute approximate surface area is 114 Å². The number of rotatable bonds is 5. The number of halogens is 1. The fourth-order valence-electron chi connectivity index (χ4n) is 2.27. The summed E-state index contributed by atoms with van der Waals surface area (Å²) in [6.07, 6.45) is 3.30. The average Bonchev–Trinajstić information content (AvgIpc) is 2.75. The molecule has 0 spiro atoms. The minimum absolute atomic E-state index is 0.266. The highest BCUT2D eigenvalue weighted by Crippen LogP contribution is 2.28. The highest BCUT2D eigenvalue weighted by Gasteiger charge is 2.21. The van der Waals surface area contributed by atoms with Gasteiger partial charge in [0.1, 0.15) is 11.9 Å². The second-order valence-corrected chi connectivity index (χ2v) is 5.35. The third kappa shape index (κ3) is 3.61. The van der Waals surface area contributed by atoms with Crippen molar-refractivity contribution in [3.63, 3.8) is 0 Å². The molecule has 2 rings (SSSR count). The van der Waals surface area contributed by atoms with Gasteiger partial charge in [0.05, 0.1) is 5.02 Å². The summed E-state index contributed by atoms with van der Waals surface area (Å²) >= 11 is 6.25. The smallest absolute Gasteiger partial charge is 0.138 e. The third-order valence-corrected chi connectivity index (χ3v) is 3.60. The van der Waals surface area contributed by atoms with E-state index in [0.29, 0.717) is 11.6 Å². The summed E-state index contributed by atoms with van der Waals surface area (Å²) in [6, 6.07) is 6.05. The standard InChI is InChI=1S/C14H21ClN2O/c1-17-8-6-12(10-17)18-14-5-4-11(3-2-7-16)9-13(14)15/h4-5,9,12H,2-3,6-8,10,16H2,1H3. The van der Waals surface area contributed by atoms with Gasteiger partial charge in [-0.15, -0.1) is 0 Å². The summed E-state index contributed by atoms with van der Waals surface area (Å²) in [5, 5.41) is 0.707. The highest BCUT2D eigenvalue weighted by atomic mass is 35.5. The van der Waals surface area contributed by atoms with Gasteiger partial charge in [-0.2, -0.15) is 0 Å². The molecule has 0 radical (unpaired) electrons. The maximum atomic E-state index is 6.25. The van der Waals surface area contributed by atoms with Gasteiger partial charge in [-0.1, -0.05) is 17.7 Å². The first-order valence-corrected chi connectivity index (χ1v) is 6.90. The zero-order valence-corrected chi connectivity index (χ0v) is 11.6. The van der Waals surface area contributed by atoms with E-state index in [1.54, 1.807) is 0 Å². The van der Waals surface area contributed by atoms with Crippen molar-refractivity contribution in [3.8, 4) is 5.75 Å². The minimum atomic E-state index is 0.266. The molecule has 1 aromatic carbocycles. The normalized spacial score (nSPS) is 20.3. The van der Waals surface area contributed by atoms with Gasteiger partial charge in [0.15, 0.2) is 0 Å². The average molecular weight is 269 g/mol. The van der Waals surface area contributed by atoms with Gasteiger partial charge in [0.2, 0.25) is 0 Å². The number of nitrogens with zero attached hydrogens (tertiary/aromatic N) is 1. The molecule has 0 aliphatic carbocycles. The van der Waals surface area contributed by atoms with Crippen molar-refractivity contribution < 1.29 is 4.74 Å². The third-order valence-electron chi connectivity index (χ3n) is 3.31. The van der Waals surface area contributed by atoms with Crippen LogP contribution in [0.4, 0.5) is 0 Å². The van der Waals surface area contributed by atoms with Gasteiger partial charge >= 0.3 is 0 Å². The molecule has 18 heavy (non-hydrogen) atoms. The van der Waals surface area contributed by atoms with E-state index in [0.717, 1.165) is 38.1 Å². The van der Waals surface area contributed by atoms with Crippen LogP contribution in [0.1, 0.15) is 18.4 Å². The molecule has 1 heterocycles. The Morgan fingerprint density at radius 1 is 1.50 bits per heavy atom. The van der Waals surface area contributed by atoms with E-state index < -0.39 is 0 Å². The van der Waals surface area contributed by atoms with Crippen LogP contribution >= 0.6 is 11.6 Å². The van der Waals surface area contributed by atoms with Crippen molar-refractivity contribution in [2.45, 2.75) is 25.4 Å². The van der Waals surface area contributed by atoms with Crippen molar-refractivity contribution in [2.75, 3.05) is 26.7 Å². The second kappa shape index (κ2) is 6.41. The van der Waals surface area contributed by atoms with Crippen molar-refractivity contribution in [1.82, 2.24) is 4.90 Å². The Bertz CT molecular complexity index is 397. The van der Waals surface area contributed by atoms with Gasteiger partial charge in [0.25, 0.3) is 0 Å². The van der Waals surface area contributed by atoms with E-state index in [1.807, 2.05) is 12.1 Å². The molecular formula is C14H21ClN2O. The van der Waals surface area contributed by atoms with Gasteiger partial charge < -0.3 is 15.4 Å². The summed E-state index contributed by atoms with van der Waals surface area (Å²) in [5.41, 5.74) is 6.73. The van der Waals surface area contributed by atoms with Gasteiger partial charge in [0, 0.05) is 13.1 Å². The summed E-state index contributed by atoms with van der Waals surface area (Å²) < 4.78 is 5.94. The fraction of sp³-hybridized carbons (Fsp3) is 0.571. The van der Waals surface area contributed by atoms with Gasteiger partial charge in [-0.3, -0.25) is 0 Å². The van der Waals surface area contributed by atoms with Crippen molar-refractivity contribution in [2.24, 2.45) is 5.73 Å². The molecule has 1 unspecified atom stereocenters. The van der Waals surface area contributed by atoms with Crippen molar-refractivity contribution >= 4 is 11.6 Å². The largest absolute Gasteiger partial charge is 0.487 e. The molecule has 0 bridgehead atoms. The topological polar surface area (TPSA) is 38.5 Å². The van der Waals surface area contributed by atoms with Crippen LogP contribution in [0.2, 0.25) is 5.02 Å². The summed E-state index contributed by atoms with van der Waals surface area (Å²) in [7, 11) is 2.11. The molecule has 100 valence electrons. The molecule has 0 amide bonds. The fourth-order valence-corrected chi connectivity index (χ4v) is 2.52. The zero-order valence-electron chi connectivity index (χ0n) is 10.9. The van der Waals surface area contributed by atoms with E-state index in [-0.39, 0.29) is 6.10 Å². The SMILES string of the molecule is CN1CCC(Oc2ccc(CCCN)cc2Cl)C1. The van der Waals surface area contributed by atoms with Crippen LogP contribution in [0.15, 0.2) is 18.2 Å².